The van der Waals surface area contributed by atoms with Crippen molar-refractivity contribution in [3.8, 4) is 0 Å². The number of rotatable bonds is 4. The summed E-state index contributed by atoms with van der Waals surface area (Å²) in [6.07, 6.45) is 1.56. The fraction of sp³-hybridized carbons (Fsp3) is 0.533. The monoisotopic (exact) mass is 246 g/mol. The van der Waals surface area contributed by atoms with Crippen molar-refractivity contribution in [2.45, 2.75) is 19.8 Å². The molecule has 0 atom stereocenters. The maximum absolute atomic E-state index is 12.1. The van der Waals surface area contributed by atoms with E-state index in [0.717, 1.165) is 43.9 Å². The van der Waals surface area contributed by atoms with Gasteiger partial charge in [0.05, 0.1) is 0 Å². The quantitative estimate of drug-likeness (QED) is 0.762. The van der Waals surface area contributed by atoms with Crippen LogP contribution in [0.15, 0.2) is 24.3 Å². The van der Waals surface area contributed by atoms with Crippen molar-refractivity contribution >= 4 is 11.5 Å². The van der Waals surface area contributed by atoms with E-state index in [2.05, 4.69) is 29.8 Å². The Bertz CT molecular complexity index is 409. The van der Waals surface area contributed by atoms with Crippen LogP contribution in [-0.4, -0.2) is 43.9 Å². The van der Waals surface area contributed by atoms with E-state index in [1.807, 2.05) is 18.2 Å². The molecule has 98 valence electrons. The molecular weight excluding hydrogens is 224 g/mol. The fourth-order valence-corrected chi connectivity index (χ4v) is 2.39. The average Bonchev–Trinajstić information content (AvgIpc) is 2.40. The van der Waals surface area contributed by atoms with Gasteiger partial charge in [0.15, 0.2) is 5.78 Å². The van der Waals surface area contributed by atoms with Gasteiger partial charge in [0.2, 0.25) is 0 Å². The van der Waals surface area contributed by atoms with Crippen LogP contribution in [0.4, 0.5) is 5.69 Å². The van der Waals surface area contributed by atoms with E-state index in [1.54, 1.807) is 0 Å². The van der Waals surface area contributed by atoms with Gasteiger partial charge < -0.3 is 9.80 Å². The summed E-state index contributed by atoms with van der Waals surface area (Å²) in [4.78, 5) is 16.8. The number of ketones is 1. The number of piperazine rings is 1. The summed E-state index contributed by atoms with van der Waals surface area (Å²) < 4.78 is 0. The summed E-state index contributed by atoms with van der Waals surface area (Å²) in [6.45, 7) is 6.20. The second-order valence-electron chi connectivity index (χ2n) is 4.98. The first-order valence-corrected chi connectivity index (χ1v) is 6.78. The number of carbonyl (C=O) groups is 1. The smallest absolute Gasteiger partial charge is 0.164 e. The molecule has 1 fully saturated rings. The molecule has 0 aliphatic carbocycles. The average molecular weight is 246 g/mol. The highest BCUT2D eigenvalue weighted by molar-refractivity contribution is 6.01. The van der Waals surface area contributed by atoms with Crippen LogP contribution in [0.25, 0.3) is 0 Å². The molecule has 0 unspecified atom stereocenters. The predicted molar refractivity (Wildman–Crippen MR) is 75.4 cm³/mol. The highest BCUT2D eigenvalue weighted by Crippen LogP contribution is 2.23. The number of Topliss-reactive ketones (excluding diaryl/α,β-unsaturated/α-hetero) is 1. The van der Waals surface area contributed by atoms with Crippen LogP contribution >= 0.6 is 0 Å². The number of likely N-dealkylation sites (N-methyl/N-ethyl adjacent to an activating group) is 1. The normalized spacial score (nSPS) is 16.9. The molecule has 0 N–H and O–H groups in total. The number of hydrogen-bond acceptors (Lipinski definition) is 3. The van der Waals surface area contributed by atoms with Crippen molar-refractivity contribution in [3.63, 3.8) is 0 Å². The van der Waals surface area contributed by atoms with Crippen LogP contribution in [0.1, 0.15) is 30.1 Å². The van der Waals surface area contributed by atoms with Gasteiger partial charge in [-0.05, 0) is 25.6 Å². The Balaban J connectivity index is 2.19. The van der Waals surface area contributed by atoms with E-state index in [4.69, 9.17) is 0 Å². The topological polar surface area (TPSA) is 23.6 Å². The first-order valence-electron chi connectivity index (χ1n) is 6.78. The third kappa shape index (κ3) is 2.91. The van der Waals surface area contributed by atoms with Gasteiger partial charge in [0, 0.05) is 43.9 Å². The highest BCUT2D eigenvalue weighted by atomic mass is 16.1. The molecule has 1 aliphatic heterocycles. The minimum absolute atomic E-state index is 0.270. The molecule has 3 heteroatoms. The molecule has 1 aromatic rings. The number of carbonyl (C=O) groups excluding carboxylic acids is 1. The van der Waals surface area contributed by atoms with Crippen molar-refractivity contribution in [3.05, 3.63) is 29.8 Å². The van der Waals surface area contributed by atoms with Gasteiger partial charge in [-0.3, -0.25) is 4.79 Å². The van der Waals surface area contributed by atoms with Gasteiger partial charge in [0.1, 0.15) is 0 Å². The van der Waals surface area contributed by atoms with Gasteiger partial charge >= 0.3 is 0 Å². The predicted octanol–water partition coefficient (Wildman–Crippen LogP) is 2.42. The standard InChI is InChI=1S/C15H22N2O/c1-3-6-15(18)13-7-4-5-8-14(13)17-11-9-16(2)10-12-17/h4-5,7-8H,3,6,9-12H2,1-2H3. The molecular formula is C15H22N2O. The van der Waals surface area contributed by atoms with E-state index in [0.29, 0.717) is 6.42 Å². The van der Waals surface area contributed by atoms with Gasteiger partial charge in [-0.1, -0.05) is 19.1 Å². The lowest BCUT2D eigenvalue weighted by molar-refractivity contribution is 0.0982. The molecule has 0 saturated carbocycles. The van der Waals surface area contributed by atoms with Crippen LogP contribution in [0.2, 0.25) is 0 Å². The molecule has 0 bridgehead atoms. The van der Waals surface area contributed by atoms with E-state index in [1.165, 1.54) is 0 Å². The Morgan fingerprint density at radius 3 is 2.50 bits per heavy atom. The lowest BCUT2D eigenvalue weighted by Gasteiger charge is -2.35. The van der Waals surface area contributed by atoms with E-state index in [9.17, 15) is 4.79 Å². The van der Waals surface area contributed by atoms with Crippen molar-refractivity contribution < 1.29 is 4.79 Å². The second kappa shape index (κ2) is 6.01. The van der Waals surface area contributed by atoms with E-state index in [-0.39, 0.29) is 5.78 Å². The molecule has 0 radical (unpaired) electrons. The zero-order valence-electron chi connectivity index (χ0n) is 11.4. The van der Waals surface area contributed by atoms with Crippen molar-refractivity contribution in [1.29, 1.82) is 0 Å². The first kappa shape index (κ1) is 13.1. The van der Waals surface area contributed by atoms with Crippen LogP contribution in [0.3, 0.4) is 0 Å². The Kier molecular flexibility index (Phi) is 4.37. The lowest BCUT2D eigenvalue weighted by Crippen LogP contribution is -2.45. The third-order valence-electron chi connectivity index (χ3n) is 3.53. The highest BCUT2D eigenvalue weighted by Gasteiger charge is 2.19. The summed E-state index contributed by atoms with van der Waals surface area (Å²) in [5.41, 5.74) is 2.01. The summed E-state index contributed by atoms with van der Waals surface area (Å²) in [7, 11) is 2.14. The zero-order valence-corrected chi connectivity index (χ0v) is 11.4. The molecule has 1 aliphatic rings. The number of hydrogen-bond donors (Lipinski definition) is 0. The maximum atomic E-state index is 12.1. The molecule has 18 heavy (non-hydrogen) atoms. The van der Waals surface area contributed by atoms with Gasteiger partial charge in [0.25, 0.3) is 0 Å². The van der Waals surface area contributed by atoms with Crippen LogP contribution in [-0.2, 0) is 0 Å². The number of benzene rings is 1. The molecule has 1 saturated heterocycles. The molecule has 1 heterocycles. The van der Waals surface area contributed by atoms with E-state index < -0.39 is 0 Å². The minimum Gasteiger partial charge on any atom is -0.368 e. The van der Waals surface area contributed by atoms with Crippen molar-refractivity contribution in [1.82, 2.24) is 4.90 Å². The molecule has 2 rings (SSSR count). The molecule has 3 nitrogen and oxygen atoms in total. The largest absolute Gasteiger partial charge is 0.368 e. The SMILES string of the molecule is CCCC(=O)c1ccccc1N1CCN(C)CC1. The zero-order chi connectivity index (χ0) is 13.0. The lowest BCUT2D eigenvalue weighted by atomic mass is 10.0. The molecule has 0 amide bonds. The van der Waals surface area contributed by atoms with Gasteiger partial charge in [-0.15, -0.1) is 0 Å². The summed E-state index contributed by atoms with van der Waals surface area (Å²) in [5.74, 6) is 0.270. The molecule has 0 spiro atoms. The molecule has 0 aromatic heterocycles. The Labute approximate surface area is 109 Å². The van der Waals surface area contributed by atoms with Crippen LogP contribution < -0.4 is 4.90 Å². The number of anilines is 1. The Morgan fingerprint density at radius 2 is 1.83 bits per heavy atom. The third-order valence-corrected chi connectivity index (χ3v) is 3.53. The summed E-state index contributed by atoms with van der Waals surface area (Å²) >= 11 is 0. The van der Waals surface area contributed by atoms with Crippen LogP contribution in [0.5, 0.6) is 0 Å². The summed E-state index contributed by atoms with van der Waals surface area (Å²) in [6, 6.07) is 8.03. The second-order valence-corrected chi connectivity index (χ2v) is 4.98. The fourth-order valence-electron chi connectivity index (χ4n) is 2.39. The van der Waals surface area contributed by atoms with Gasteiger partial charge in [-0.2, -0.15) is 0 Å². The van der Waals surface area contributed by atoms with Gasteiger partial charge in [-0.25, -0.2) is 0 Å². The van der Waals surface area contributed by atoms with Crippen LogP contribution in [0, 0.1) is 0 Å². The molecule has 1 aromatic carbocycles. The Morgan fingerprint density at radius 1 is 1.17 bits per heavy atom. The van der Waals surface area contributed by atoms with Crippen molar-refractivity contribution in [2.75, 3.05) is 38.1 Å². The summed E-state index contributed by atoms with van der Waals surface area (Å²) in [5, 5.41) is 0. The van der Waals surface area contributed by atoms with E-state index >= 15 is 0 Å². The minimum atomic E-state index is 0.270. The first-order chi connectivity index (χ1) is 8.72. The Hall–Kier alpha value is -1.35. The number of para-hydroxylation sites is 1. The van der Waals surface area contributed by atoms with Crippen molar-refractivity contribution in [2.24, 2.45) is 0 Å². The maximum Gasteiger partial charge on any atom is 0.164 e. The number of nitrogens with zero attached hydrogens (tertiary/aromatic N) is 2.